The van der Waals surface area contributed by atoms with Gasteiger partial charge in [0.1, 0.15) is 6.61 Å². The normalized spacial score (nSPS) is 10.4. The molecule has 3 nitrogen and oxygen atoms in total. The Kier molecular flexibility index (Phi) is 7.70. The molecule has 0 aromatic heterocycles. The third-order valence-electron chi connectivity index (χ3n) is 2.87. The molecule has 0 fully saturated rings. The molecular weight excluding hydrogens is 318 g/mol. The summed E-state index contributed by atoms with van der Waals surface area (Å²) in [5.41, 5.74) is 2.24. The average Bonchev–Trinajstić information content (AvgIpc) is 2.44. The number of hydrogen-bond donors (Lipinski definition) is 1. The van der Waals surface area contributed by atoms with Crippen LogP contribution in [0.1, 0.15) is 32.8 Å². The van der Waals surface area contributed by atoms with Gasteiger partial charge in [0, 0.05) is 6.54 Å². The van der Waals surface area contributed by atoms with Gasteiger partial charge in [0.25, 0.3) is 0 Å². The van der Waals surface area contributed by atoms with Crippen LogP contribution in [0.3, 0.4) is 0 Å². The Morgan fingerprint density at radius 2 is 2.00 bits per heavy atom. The van der Waals surface area contributed by atoms with Gasteiger partial charge in [-0.1, -0.05) is 20.4 Å². The zero-order chi connectivity index (χ0) is 15.0. The quantitative estimate of drug-likeness (QED) is 0.679. The third kappa shape index (κ3) is 5.17. The van der Waals surface area contributed by atoms with Crippen LogP contribution in [0, 0.1) is 0 Å². The smallest absolute Gasteiger partial charge is 0.175 e. The van der Waals surface area contributed by atoms with E-state index in [0.717, 1.165) is 41.1 Å². The molecule has 20 heavy (non-hydrogen) atoms. The Hall–Kier alpha value is -1.00. The first kappa shape index (κ1) is 17.1. The zero-order valence-corrected chi connectivity index (χ0v) is 14.2. The van der Waals surface area contributed by atoms with Crippen molar-refractivity contribution in [2.24, 2.45) is 0 Å². The van der Waals surface area contributed by atoms with Gasteiger partial charge in [-0.15, -0.1) is 0 Å². The molecule has 1 N–H and O–H groups in total. The summed E-state index contributed by atoms with van der Waals surface area (Å²) in [7, 11) is 0. The van der Waals surface area contributed by atoms with E-state index in [1.807, 2.05) is 13.0 Å². The van der Waals surface area contributed by atoms with Crippen LogP contribution < -0.4 is 14.8 Å². The molecule has 0 aliphatic carbocycles. The van der Waals surface area contributed by atoms with Crippen LogP contribution in [0.15, 0.2) is 28.8 Å². The summed E-state index contributed by atoms with van der Waals surface area (Å²) in [6, 6.07) is 4.09. The van der Waals surface area contributed by atoms with Crippen LogP contribution in [0.25, 0.3) is 0 Å². The third-order valence-corrected chi connectivity index (χ3v) is 3.46. The highest BCUT2D eigenvalue weighted by molar-refractivity contribution is 9.10. The lowest BCUT2D eigenvalue weighted by Crippen LogP contribution is -2.12. The van der Waals surface area contributed by atoms with Gasteiger partial charge in [0.15, 0.2) is 11.5 Å². The van der Waals surface area contributed by atoms with Crippen LogP contribution >= 0.6 is 15.9 Å². The second-order valence-corrected chi connectivity index (χ2v) is 5.36. The Bertz CT molecular complexity index is 446. The van der Waals surface area contributed by atoms with Crippen molar-refractivity contribution in [2.75, 3.05) is 19.8 Å². The number of ether oxygens (including phenoxy) is 2. The SMILES string of the molecule is C=C(CC)COc1c(Br)cc(CNCC)cc1OCC. The van der Waals surface area contributed by atoms with Gasteiger partial charge < -0.3 is 14.8 Å². The van der Waals surface area contributed by atoms with Crippen LogP contribution in [0.2, 0.25) is 0 Å². The summed E-state index contributed by atoms with van der Waals surface area (Å²) in [5, 5.41) is 3.31. The van der Waals surface area contributed by atoms with E-state index in [4.69, 9.17) is 9.47 Å². The van der Waals surface area contributed by atoms with Gasteiger partial charge in [0.2, 0.25) is 0 Å². The molecule has 0 aliphatic rings. The summed E-state index contributed by atoms with van der Waals surface area (Å²) >= 11 is 3.57. The Balaban J connectivity index is 2.93. The van der Waals surface area contributed by atoms with E-state index in [-0.39, 0.29) is 0 Å². The van der Waals surface area contributed by atoms with E-state index in [1.54, 1.807) is 0 Å². The molecule has 0 unspecified atom stereocenters. The van der Waals surface area contributed by atoms with Gasteiger partial charge in [0.05, 0.1) is 11.1 Å². The molecule has 1 aromatic carbocycles. The highest BCUT2D eigenvalue weighted by Crippen LogP contribution is 2.37. The van der Waals surface area contributed by atoms with Crippen LogP contribution in [-0.4, -0.2) is 19.8 Å². The molecule has 0 radical (unpaired) electrons. The first-order valence-corrected chi connectivity index (χ1v) is 7.86. The first-order valence-electron chi connectivity index (χ1n) is 7.07. The van der Waals surface area contributed by atoms with Crippen molar-refractivity contribution in [2.45, 2.75) is 33.7 Å². The molecule has 4 heteroatoms. The van der Waals surface area contributed by atoms with E-state index in [9.17, 15) is 0 Å². The van der Waals surface area contributed by atoms with Gasteiger partial charge in [-0.3, -0.25) is 0 Å². The van der Waals surface area contributed by atoms with Crippen LogP contribution in [0.5, 0.6) is 11.5 Å². The Labute approximate surface area is 130 Å². The maximum absolute atomic E-state index is 5.84. The van der Waals surface area contributed by atoms with E-state index >= 15 is 0 Å². The van der Waals surface area contributed by atoms with Gasteiger partial charge in [-0.2, -0.15) is 0 Å². The van der Waals surface area contributed by atoms with Crippen LogP contribution in [-0.2, 0) is 6.54 Å². The summed E-state index contributed by atoms with van der Waals surface area (Å²) in [4.78, 5) is 0. The monoisotopic (exact) mass is 341 g/mol. The first-order chi connectivity index (χ1) is 9.62. The second-order valence-electron chi connectivity index (χ2n) is 4.51. The second kappa shape index (κ2) is 9.03. The van der Waals surface area contributed by atoms with E-state index in [1.165, 1.54) is 5.56 Å². The Morgan fingerprint density at radius 1 is 1.25 bits per heavy atom. The van der Waals surface area contributed by atoms with Crippen molar-refractivity contribution in [1.29, 1.82) is 0 Å². The fourth-order valence-corrected chi connectivity index (χ4v) is 2.28. The van der Waals surface area contributed by atoms with Gasteiger partial charge >= 0.3 is 0 Å². The largest absolute Gasteiger partial charge is 0.490 e. The lowest BCUT2D eigenvalue weighted by atomic mass is 10.2. The maximum Gasteiger partial charge on any atom is 0.175 e. The van der Waals surface area contributed by atoms with Gasteiger partial charge in [-0.25, -0.2) is 0 Å². The van der Waals surface area contributed by atoms with Crippen molar-refractivity contribution in [1.82, 2.24) is 5.32 Å². The minimum Gasteiger partial charge on any atom is -0.490 e. The average molecular weight is 342 g/mol. The topological polar surface area (TPSA) is 30.5 Å². The van der Waals surface area contributed by atoms with Gasteiger partial charge in [-0.05, 0) is 59.1 Å². The fourth-order valence-electron chi connectivity index (χ4n) is 1.67. The van der Waals surface area contributed by atoms with Crippen LogP contribution in [0.4, 0.5) is 0 Å². The number of benzene rings is 1. The van der Waals surface area contributed by atoms with Crippen molar-refractivity contribution < 1.29 is 9.47 Å². The molecular formula is C16H24BrNO2. The molecule has 0 atom stereocenters. The van der Waals surface area contributed by atoms with E-state index < -0.39 is 0 Å². The maximum atomic E-state index is 5.84. The summed E-state index contributed by atoms with van der Waals surface area (Å²) in [6.07, 6.45) is 0.917. The summed E-state index contributed by atoms with van der Waals surface area (Å²) in [6.45, 7) is 13.0. The molecule has 0 saturated carbocycles. The molecule has 0 bridgehead atoms. The predicted molar refractivity (Wildman–Crippen MR) is 87.6 cm³/mol. The molecule has 0 amide bonds. The molecule has 0 spiro atoms. The molecule has 112 valence electrons. The zero-order valence-electron chi connectivity index (χ0n) is 12.6. The molecule has 1 rings (SSSR count). The minimum atomic E-state index is 0.516. The lowest BCUT2D eigenvalue weighted by molar-refractivity contribution is 0.290. The van der Waals surface area contributed by atoms with E-state index in [2.05, 4.69) is 47.7 Å². The molecule has 0 aliphatic heterocycles. The minimum absolute atomic E-state index is 0.516. The van der Waals surface area contributed by atoms with Crippen molar-refractivity contribution in [3.63, 3.8) is 0 Å². The fraction of sp³-hybridized carbons (Fsp3) is 0.500. The molecule has 0 saturated heterocycles. The number of nitrogens with one attached hydrogen (secondary N) is 1. The highest BCUT2D eigenvalue weighted by Gasteiger charge is 2.12. The molecule has 1 aromatic rings. The summed E-state index contributed by atoms with van der Waals surface area (Å²) in [5.74, 6) is 1.53. The molecule has 0 heterocycles. The van der Waals surface area contributed by atoms with Crippen molar-refractivity contribution in [3.8, 4) is 11.5 Å². The lowest BCUT2D eigenvalue weighted by Gasteiger charge is -2.16. The van der Waals surface area contributed by atoms with Crippen molar-refractivity contribution >= 4 is 15.9 Å². The summed E-state index contributed by atoms with van der Waals surface area (Å²) < 4.78 is 12.4. The standard InChI is InChI=1S/C16H24BrNO2/c1-5-12(4)11-20-16-14(17)8-13(10-18-6-2)9-15(16)19-7-3/h8-9,18H,4-7,10-11H2,1-3H3. The number of rotatable bonds is 9. The highest BCUT2D eigenvalue weighted by atomic mass is 79.9. The Morgan fingerprint density at radius 3 is 2.60 bits per heavy atom. The number of halogens is 1. The van der Waals surface area contributed by atoms with Crippen molar-refractivity contribution in [3.05, 3.63) is 34.3 Å². The van der Waals surface area contributed by atoms with E-state index in [0.29, 0.717) is 13.2 Å². The number of hydrogen-bond acceptors (Lipinski definition) is 3. The predicted octanol–water partition coefficient (Wildman–Crippen LogP) is 4.30.